The summed E-state index contributed by atoms with van der Waals surface area (Å²) >= 11 is 0. The third-order valence-electron chi connectivity index (χ3n) is 4.36. The number of anilines is 1. The van der Waals surface area contributed by atoms with E-state index in [1.165, 1.54) is 0 Å². The van der Waals surface area contributed by atoms with E-state index in [4.69, 9.17) is 9.47 Å². The fourth-order valence-corrected chi connectivity index (χ4v) is 2.97. The number of piperazine rings is 1. The van der Waals surface area contributed by atoms with Crippen LogP contribution in [0.25, 0.3) is 0 Å². The normalized spacial score (nSPS) is 14.4. The van der Waals surface area contributed by atoms with Crippen LogP contribution in [0, 0.1) is 0 Å². The molecule has 0 aromatic heterocycles. The van der Waals surface area contributed by atoms with Crippen molar-refractivity contribution in [3.63, 3.8) is 0 Å². The second-order valence-corrected chi connectivity index (χ2v) is 6.45. The van der Waals surface area contributed by atoms with Crippen molar-refractivity contribution in [2.24, 2.45) is 0 Å². The first-order valence-electron chi connectivity index (χ1n) is 9.41. The Morgan fingerprint density at radius 1 is 0.964 bits per heavy atom. The van der Waals surface area contributed by atoms with Crippen LogP contribution in [0.5, 0.6) is 11.5 Å². The van der Waals surface area contributed by atoms with Gasteiger partial charge in [0.15, 0.2) is 0 Å². The standard InChI is InChI=1S/C21H25N3O4/c1-2-27-21(26)24-13-11-23(12-14-24)16-20(25)22-17-7-6-10-19(15-17)28-18-8-4-3-5-9-18/h3-10,15H,2,11-14,16H2,1H3,(H,22,25). The predicted octanol–water partition coefficient (Wildman–Crippen LogP) is 3.19. The fourth-order valence-electron chi connectivity index (χ4n) is 2.97. The summed E-state index contributed by atoms with van der Waals surface area (Å²) in [4.78, 5) is 27.8. The van der Waals surface area contributed by atoms with Crippen molar-refractivity contribution in [2.45, 2.75) is 6.92 Å². The quantitative estimate of drug-likeness (QED) is 0.830. The van der Waals surface area contributed by atoms with Gasteiger partial charge in [-0.3, -0.25) is 9.69 Å². The van der Waals surface area contributed by atoms with Gasteiger partial charge in [-0.25, -0.2) is 4.79 Å². The molecule has 0 bridgehead atoms. The number of carbonyl (C=O) groups excluding carboxylic acids is 2. The molecule has 2 amide bonds. The van der Waals surface area contributed by atoms with Gasteiger partial charge in [0.1, 0.15) is 11.5 Å². The largest absolute Gasteiger partial charge is 0.457 e. The van der Waals surface area contributed by atoms with Gasteiger partial charge in [0.05, 0.1) is 13.2 Å². The van der Waals surface area contributed by atoms with Crippen LogP contribution in [-0.4, -0.2) is 61.1 Å². The second-order valence-electron chi connectivity index (χ2n) is 6.45. The van der Waals surface area contributed by atoms with Crippen LogP contribution in [0.15, 0.2) is 54.6 Å². The number of hydrogen-bond acceptors (Lipinski definition) is 5. The Bertz CT molecular complexity index is 789. The smallest absolute Gasteiger partial charge is 0.409 e. The zero-order valence-electron chi connectivity index (χ0n) is 16.0. The third kappa shape index (κ3) is 5.72. The maximum Gasteiger partial charge on any atom is 0.409 e. The molecular formula is C21H25N3O4. The van der Waals surface area contributed by atoms with Crippen molar-refractivity contribution in [3.8, 4) is 11.5 Å². The van der Waals surface area contributed by atoms with Crippen molar-refractivity contribution in [3.05, 3.63) is 54.6 Å². The van der Waals surface area contributed by atoms with Gasteiger partial charge in [0, 0.05) is 37.9 Å². The van der Waals surface area contributed by atoms with Gasteiger partial charge in [-0.15, -0.1) is 0 Å². The zero-order valence-corrected chi connectivity index (χ0v) is 16.0. The number of benzene rings is 2. The Kier molecular flexibility index (Phi) is 6.86. The van der Waals surface area contributed by atoms with Crippen molar-refractivity contribution in [2.75, 3.05) is 44.6 Å². The lowest BCUT2D eigenvalue weighted by Crippen LogP contribution is -2.50. The molecule has 0 atom stereocenters. The zero-order chi connectivity index (χ0) is 19.8. The van der Waals surface area contributed by atoms with E-state index in [1.807, 2.05) is 53.4 Å². The molecule has 1 aliphatic rings. The molecule has 0 unspecified atom stereocenters. The summed E-state index contributed by atoms with van der Waals surface area (Å²) in [5.41, 5.74) is 0.684. The number of para-hydroxylation sites is 1. The van der Waals surface area contributed by atoms with Crippen LogP contribution in [0.1, 0.15) is 6.92 Å². The molecule has 0 saturated carbocycles. The van der Waals surface area contributed by atoms with Gasteiger partial charge in [-0.2, -0.15) is 0 Å². The second kappa shape index (κ2) is 9.75. The molecule has 7 nitrogen and oxygen atoms in total. The number of nitrogens with one attached hydrogen (secondary N) is 1. The summed E-state index contributed by atoms with van der Waals surface area (Å²) in [5.74, 6) is 1.30. The van der Waals surface area contributed by atoms with Gasteiger partial charge in [0.2, 0.25) is 5.91 Å². The maximum absolute atomic E-state index is 12.4. The SMILES string of the molecule is CCOC(=O)N1CCN(CC(=O)Nc2cccc(Oc3ccccc3)c2)CC1. The highest BCUT2D eigenvalue weighted by atomic mass is 16.6. The molecule has 28 heavy (non-hydrogen) atoms. The fraction of sp³-hybridized carbons (Fsp3) is 0.333. The van der Waals surface area contributed by atoms with E-state index in [-0.39, 0.29) is 18.5 Å². The number of amides is 2. The van der Waals surface area contributed by atoms with Gasteiger partial charge < -0.3 is 19.7 Å². The third-order valence-corrected chi connectivity index (χ3v) is 4.36. The van der Waals surface area contributed by atoms with Gasteiger partial charge >= 0.3 is 6.09 Å². The minimum atomic E-state index is -0.290. The Hall–Kier alpha value is -3.06. The molecule has 1 fully saturated rings. The van der Waals surface area contributed by atoms with E-state index in [9.17, 15) is 9.59 Å². The number of hydrogen-bond donors (Lipinski definition) is 1. The van der Waals surface area contributed by atoms with E-state index in [0.29, 0.717) is 44.2 Å². The monoisotopic (exact) mass is 383 g/mol. The van der Waals surface area contributed by atoms with Crippen LogP contribution in [0.3, 0.4) is 0 Å². The highest BCUT2D eigenvalue weighted by molar-refractivity contribution is 5.92. The van der Waals surface area contributed by atoms with Gasteiger partial charge in [-0.1, -0.05) is 24.3 Å². The Morgan fingerprint density at radius 3 is 2.39 bits per heavy atom. The van der Waals surface area contributed by atoms with E-state index in [0.717, 1.165) is 5.75 Å². The summed E-state index contributed by atoms with van der Waals surface area (Å²) in [7, 11) is 0. The molecule has 0 aliphatic carbocycles. The molecule has 0 radical (unpaired) electrons. The first-order valence-corrected chi connectivity index (χ1v) is 9.41. The van der Waals surface area contributed by atoms with Gasteiger partial charge in [0.25, 0.3) is 0 Å². The number of nitrogens with zero attached hydrogens (tertiary/aromatic N) is 2. The van der Waals surface area contributed by atoms with Crippen molar-refractivity contribution in [1.29, 1.82) is 0 Å². The van der Waals surface area contributed by atoms with Crippen LogP contribution < -0.4 is 10.1 Å². The molecule has 3 rings (SSSR count). The van der Waals surface area contributed by atoms with Crippen LogP contribution in [0.2, 0.25) is 0 Å². The molecule has 1 N–H and O–H groups in total. The van der Waals surface area contributed by atoms with Crippen molar-refractivity contribution in [1.82, 2.24) is 9.80 Å². The summed E-state index contributed by atoms with van der Waals surface area (Å²) < 4.78 is 10.8. The van der Waals surface area contributed by atoms with Gasteiger partial charge in [-0.05, 0) is 31.2 Å². The lowest BCUT2D eigenvalue weighted by molar-refractivity contribution is -0.117. The molecule has 7 heteroatoms. The number of carbonyl (C=O) groups is 2. The highest BCUT2D eigenvalue weighted by Gasteiger charge is 2.23. The highest BCUT2D eigenvalue weighted by Crippen LogP contribution is 2.23. The first-order chi connectivity index (χ1) is 13.6. The van der Waals surface area contributed by atoms with Crippen molar-refractivity contribution < 1.29 is 19.1 Å². The molecule has 1 aliphatic heterocycles. The molecular weight excluding hydrogens is 358 g/mol. The topological polar surface area (TPSA) is 71.1 Å². The average Bonchev–Trinajstić information content (AvgIpc) is 2.70. The van der Waals surface area contributed by atoms with Crippen molar-refractivity contribution >= 4 is 17.7 Å². The van der Waals surface area contributed by atoms with Crippen LogP contribution in [-0.2, 0) is 9.53 Å². The van der Waals surface area contributed by atoms with E-state index in [1.54, 1.807) is 17.9 Å². The van der Waals surface area contributed by atoms with E-state index in [2.05, 4.69) is 5.32 Å². The molecule has 0 spiro atoms. The number of ether oxygens (including phenoxy) is 2. The molecule has 2 aromatic carbocycles. The average molecular weight is 383 g/mol. The predicted molar refractivity (Wildman–Crippen MR) is 107 cm³/mol. The summed E-state index contributed by atoms with van der Waals surface area (Å²) in [6, 6.07) is 16.8. The molecule has 1 heterocycles. The molecule has 2 aromatic rings. The molecule has 148 valence electrons. The Morgan fingerprint density at radius 2 is 1.68 bits per heavy atom. The maximum atomic E-state index is 12.4. The number of rotatable bonds is 6. The van der Waals surface area contributed by atoms with Crippen LogP contribution >= 0.6 is 0 Å². The minimum absolute atomic E-state index is 0.0959. The van der Waals surface area contributed by atoms with Crippen LogP contribution in [0.4, 0.5) is 10.5 Å². The Labute approximate surface area is 164 Å². The minimum Gasteiger partial charge on any atom is -0.457 e. The molecule has 1 saturated heterocycles. The summed E-state index contributed by atoms with van der Waals surface area (Å²) in [6.45, 7) is 4.85. The lowest BCUT2D eigenvalue weighted by Gasteiger charge is -2.33. The summed E-state index contributed by atoms with van der Waals surface area (Å²) in [5, 5.41) is 2.90. The summed E-state index contributed by atoms with van der Waals surface area (Å²) in [6.07, 6.45) is -0.290. The lowest BCUT2D eigenvalue weighted by atomic mass is 10.3. The van der Waals surface area contributed by atoms with E-state index < -0.39 is 0 Å². The van der Waals surface area contributed by atoms with E-state index >= 15 is 0 Å². The first kappa shape index (κ1) is 19.7. The Balaban J connectivity index is 1.48.